The van der Waals surface area contributed by atoms with Gasteiger partial charge in [-0.1, -0.05) is 41.9 Å². The first-order chi connectivity index (χ1) is 11.2. The molecule has 4 rings (SSSR count). The third kappa shape index (κ3) is 2.80. The number of aliphatic carboxylic acids is 1. The first-order valence-electron chi connectivity index (χ1n) is 8.01. The average molecular weight is 350 g/mol. The van der Waals surface area contributed by atoms with E-state index in [0.29, 0.717) is 24.8 Å². The summed E-state index contributed by atoms with van der Waals surface area (Å²) in [4.78, 5) is 18.3. The van der Waals surface area contributed by atoms with Gasteiger partial charge in [-0.15, -0.1) is 12.4 Å². The molecule has 0 radical (unpaired) electrons. The number of aromatic nitrogens is 2. The Bertz CT molecular complexity index is 721. The largest absolute Gasteiger partial charge is 0.481 e. The van der Waals surface area contributed by atoms with Crippen molar-refractivity contribution in [2.45, 2.75) is 25.8 Å². The van der Waals surface area contributed by atoms with E-state index in [1.807, 2.05) is 30.3 Å². The summed E-state index contributed by atoms with van der Waals surface area (Å²) in [6, 6.07) is 9.69. The van der Waals surface area contributed by atoms with E-state index in [2.05, 4.69) is 15.0 Å². The molecule has 2 aromatic rings. The lowest BCUT2D eigenvalue weighted by molar-refractivity contribution is -0.149. The van der Waals surface area contributed by atoms with E-state index >= 15 is 0 Å². The quantitative estimate of drug-likeness (QED) is 0.914. The predicted octanol–water partition coefficient (Wildman–Crippen LogP) is 2.85. The van der Waals surface area contributed by atoms with Gasteiger partial charge >= 0.3 is 5.97 Å². The number of benzene rings is 1. The molecule has 24 heavy (non-hydrogen) atoms. The smallest absolute Gasteiger partial charge is 0.311 e. The molecule has 2 heterocycles. The third-order valence-corrected chi connectivity index (χ3v) is 5.23. The average Bonchev–Trinajstić information content (AvgIpc) is 3.22. The molecule has 128 valence electrons. The summed E-state index contributed by atoms with van der Waals surface area (Å²) >= 11 is 0. The van der Waals surface area contributed by atoms with Crippen molar-refractivity contribution < 1.29 is 14.4 Å². The van der Waals surface area contributed by atoms with Crippen LogP contribution in [0.2, 0.25) is 0 Å². The SMILES string of the molecule is Cl.O=C(O)[C@@]12CCC[C@H]1CN(Cc1nc(-c3ccccc3)no1)C2. The van der Waals surface area contributed by atoms with Crippen LogP contribution in [0.4, 0.5) is 0 Å². The molecule has 0 amide bonds. The molecule has 1 aliphatic carbocycles. The second-order valence-electron chi connectivity index (χ2n) is 6.60. The molecule has 0 unspecified atom stereocenters. The fourth-order valence-electron chi connectivity index (χ4n) is 4.08. The lowest BCUT2D eigenvalue weighted by atomic mass is 9.81. The Morgan fingerprint density at radius 1 is 1.38 bits per heavy atom. The monoisotopic (exact) mass is 349 g/mol. The molecule has 1 aromatic carbocycles. The van der Waals surface area contributed by atoms with E-state index in [-0.39, 0.29) is 18.3 Å². The number of nitrogens with zero attached hydrogens (tertiary/aromatic N) is 3. The molecule has 1 aromatic heterocycles. The molecule has 1 saturated heterocycles. The van der Waals surface area contributed by atoms with Gasteiger partial charge in [0.2, 0.25) is 11.7 Å². The molecule has 0 spiro atoms. The van der Waals surface area contributed by atoms with Gasteiger partial charge in [0.25, 0.3) is 0 Å². The molecular weight excluding hydrogens is 330 g/mol. The van der Waals surface area contributed by atoms with Crippen LogP contribution in [0.5, 0.6) is 0 Å². The van der Waals surface area contributed by atoms with Crippen molar-refractivity contribution in [1.82, 2.24) is 15.0 Å². The number of hydrogen-bond donors (Lipinski definition) is 1. The normalized spacial score (nSPS) is 26.1. The van der Waals surface area contributed by atoms with Gasteiger partial charge in [-0.25, -0.2) is 0 Å². The predicted molar refractivity (Wildman–Crippen MR) is 89.7 cm³/mol. The first kappa shape index (κ1) is 16.9. The zero-order chi connectivity index (χ0) is 15.9. The zero-order valence-corrected chi connectivity index (χ0v) is 14.0. The number of likely N-dealkylation sites (tertiary alicyclic amines) is 1. The summed E-state index contributed by atoms with van der Waals surface area (Å²) in [7, 11) is 0. The highest BCUT2D eigenvalue weighted by Gasteiger charge is 2.54. The van der Waals surface area contributed by atoms with E-state index < -0.39 is 11.4 Å². The van der Waals surface area contributed by atoms with Crippen LogP contribution >= 0.6 is 12.4 Å². The number of fused-ring (bicyclic) bond motifs is 1. The summed E-state index contributed by atoms with van der Waals surface area (Å²) in [5.41, 5.74) is 0.352. The standard InChI is InChI=1S/C17H19N3O3.ClH/c21-16(22)17-8-4-7-13(17)9-20(11-17)10-14-18-15(19-23-14)12-5-2-1-3-6-12;/h1-3,5-6,13H,4,7-11H2,(H,21,22);1H/t13-,17+;/m0./s1. The van der Waals surface area contributed by atoms with Crippen molar-refractivity contribution in [1.29, 1.82) is 0 Å². The molecule has 1 aliphatic heterocycles. The van der Waals surface area contributed by atoms with E-state index in [9.17, 15) is 9.90 Å². The Morgan fingerprint density at radius 2 is 2.17 bits per heavy atom. The van der Waals surface area contributed by atoms with E-state index in [1.165, 1.54) is 0 Å². The van der Waals surface area contributed by atoms with Gasteiger partial charge in [-0.3, -0.25) is 9.69 Å². The van der Waals surface area contributed by atoms with Crippen LogP contribution < -0.4 is 0 Å². The summed E-state index contributed by atoms with van der Waals surface area (Å²) in [6.07, 6.45) is 2.80. The van der Waals surface area contributed by atoms with E-state index in [0.717, 1.165) is 31.4 Å². The van der Waals surface area contributed by atoms with Gasteiger partial charge < -0.3 is 9.63 Å². The lowest BCUT2D eigenvalue weighted by Gasteiger charge is -2.23. The molecule has 2 aliphatic rings. The van der Waals surface area contributed by atoms with Crippen LogP contribution in [0.15, 0.2) is 34.9 Å². The molecule has 0 bridgehead atoms. The molecule has 1 N–H and O–H groups in total. The Morgan fingerprint density at radius 3 is 2.88 bits per heavy atom. The number of carboxylic acids is 1. The van der Waals surface area contributed by atoms with Gasteiger partial charge in [0.15, 0.2) is 0 Å². The third-order valence-electron chi connectivity index (χ3n) is 5.23. The number of carbonyl (C=O) groups is 1. The van der Waals surface area contributed by atoms with Crippen molar-refractivity contribution in [3.8, 4) is 11.4 Å². The zero-order valence-electron chi connectivity index (χ0n) is 13.2. The van der Waals surface area contributed by atoms with Crippen LogP contribution in [0.3, 0.4) is 0 Å². The Labute approximate surface area is 146 Å². The second kappa shape index (κ2) is 6.53. The summed E-state index contributed by atoms with van der Waals surface area (Å²) in [6.45, 7) is 1.90. The van der Waals surface area contributed by atoms with Gasteiger partial charge in [-0.2, -0.15) is 4.98 Å². The lowest BCUT2D eigenvalue weighted by Crippen LogP contribution is -2.35. The molecule has 2 atom stereocenters. The summed E-state index contributed by atoms with van der Waals surface area (Å²) < 4.78 is 5.35. The van der Waals surface area contributed by atoms with Crippen LogP contribution in [0, 0.1) is 11.3 Å². The van der Waals surface area contributed by atoms with E-state index in [4.69, 9.17) is 4.52 Å². The summed E-state index contributed by atoms with van der Waals surface area (Å²) in [5.74, 6) is 0.715. The minimum atomic E-state index is -0.655. The molecule has 2 fully saturated rings. The minimum Gasteiger partial charge on any atom is -0.481 e. The maximum absolute atomic E-state index is 11.7. The topological polar surface area (TPSA) is 79.5 Å². The fourth-order valence-corrected chi connectivity index (χ4v) is 4.08. The minimum absolute atomic E-state index is 0. The highest BCUT2D eigenvalue weighted by Crippen LogP contribution is 2.49. The van der Waals surface area contributed by atoms with Crippen molar-refractivity contribution in [2.75, 3.05) is 13.1 Å². The van der Waals surface area contributed by atoms with E-state index in [1.54, 1.807) is 0 Å². The van der Waals surface area contributed by atoms with Crippen molar-refractivity contribution in [2.24, 2.45) is 11.3 Å². The van der Waals surface area contributed by atoms with Crippen LogP contribution in [0.25, 0.3) is 11.4 Å². The number of carboxylic acid groups (broad SMARTS) is 1. The highest BCUT2D eigenvalue weighted by molar-refractivity contribution is 5.85. The van der Waals surface area contributed by atoms with Crippen LogP contribution in [-0.2, 0) is 11.3 Å². The highest BCUT2D eigenvalue weighted by atomic mass is 35.5. The summed E-state index contributed by atoms with van der Waals surface area (Å²) in [5, 5.41) is 13.7. The molecular formula is C17H20ClN3O3. The first-order valence-corrected chi connectivity index (χ1v) is 8.01. The number of halogens is 1. The van der Waals surface area contributed by atoms with Crippen molar-refractivity contribution in [3.63, 3.8) is 0 Å². The Balaban J connectivity index is 0.00000169. The maximum atomic E-state index is 11.7. The van der Waals surface area contributed by atoms with Crippen LogP contribution in [0.1, 0.15) is 25.2 Å². The van der Waals surface area contributed by atoms with Gasteiger partial charge in [0.05, 0.1) is 12.0 Å². The molecule has 6 nitrogen and oxygen atoms in total. The molecule has 7 heteroatoms. The maximum Gasteiger partial charge on any atom is 0.311 e. The molecule has 1 saturated carbocycles. The number of rotatable bonds is 4. The Kier molecular flexibility index (Phi) is 4.60. The Hall–Kier alpha value is -1.92. The van der Waals surface area contributed by atoms with Gasteiger partial charge in [-0.05, 0) is 18.8 Å². The number of hydrogen-bond acceptors (Lipinski definition) is 5. The van der Waals surface area contributed by atoms with Gasteiger partial charge in [0, 0.05) is 18.7 Å². The van der Waals surface area contributed by atoms with Crippen LogP contribution in [-0.4, -0.2) is 39.2 Å². The van der Waals surface area contributed by atoms with Crippen molar-refractivity contribution in [3.05, 3.63) is 36.2 Å². The van der Waals surface area contributed by atoms with Crippen molar-refractivity contribution >= 4 is 18.4 Å². The fraction of sp³-hybridized carbons (Fsp3) is 0.471. The van der Waals surface area contributed by atoms with Gasteiger partial charge in [0.1, 0.15) is 0 Å². The second-order valence-corrected chi connectivity index (χ2v) is 6.60.